The number of likely N-dealkylation sites (tertiary alicyclic amines) is 1. The molecule has 0 bridgehead atoms. The molecule has 1 aromatic carbocycles. The van der Waals surface area contributed by atoms with Crippen LogP contribution in [0, 0.1) is 10.1 Å². The van der Waals surface area contributed by atoms with Crippen molar-refractivity contribution in [3.8, 4) is 0 Å². The zero-order valence-electron chi connectivity index (χ0n) is 12.8. The summed E-state index contributed by atoms with van der Waals surface area (Å²) in [6.07, 6.45) is 1.96. The second-order valence-electron chi connectivity index (χ2n) is 5.54. The van der Waals surface area contributed by atoms with Gasteiger partial charge in [-0.2, -0.15) is 0 Å². The van der Waals surface area contributed by atoms with Gasteiger partial charge in [0.1, 0.15) is 5.02 Å². The molecule has 2 aromatic rings. The smallest absolute Gasteiger partial charge is 0.289 e. The highest BCUT2D eigenvalue weighted by molar-refractivity contribution is 7.10. The number of halogens is 1. The average molecular weight is 366 g/mol. The fourth-order valence-corrected chi connectivity index (χ4v) is 3.94. The van der Waals surface area contributed by atoms with Crippen LogP contribution in [-0.4, -0.2) is 28.8 Å². The molecule has 1 fully saturated rings. The fourth-order valence-electron chi connectivity index (χ4n) is 2.88. The first-order chi connectivity index (χ1) is 11.6. The van der Waals surface area contributed by atoms with Gasteiger partial charge in [-0.15, -0.1) is 11.3 Å². The van der Waals surface area contributed by atoms with E-state index in [0.717, 1.165) is 19.4 Å². The predicted octanol–water partition coefficient (Wildman–Crippen LogP) is 4.09. The van der Waals surface area contributed by atoms with E-state index in [1.54, 1.807) is 17.4 Å². The van der Waals surface area contributed by atoms with Crippen molar-refractivity contribution in [2.45, 2.75) is 18.9 Å². The molecule has 1 unspecified atom stereocenters. The van der Waals surface area contributed by atoms with E-state index in [-0.39, 0.29) is 29.2 Å². The first-order valence-corrected chi connectivity index (χ1v) is 8.82. The van der Waals surface area contributed by atoms with Gasteiger partial charge in [0.2, 0.25) is 5.91 Å². The predicted molar refractivity (Wildman–Crippen MR) is 94.6 cm³/mol. The van der Waals surface area contributed by atoms with Gasteiger partial charge in [-0.05, 0) is 36.4 Å². The van der Waals surface area contributed by atoms with E-state index in [0.29, 0.717) is 5.69 Å². The highest BCUT2D eigenvalue weighted by Gasteiger charge is 2.30. The van der Waals surface area contributed by atoms with Gasteiger partial charge in [0.05, 0.1) is 17.5 Å². The van der Waals surface area contributed by atoms with Crippen LogP contribution in [0.25, 0.3) is 0 Å². The van der Waals surface area contributed by atoms with Gasteiger partial charge in [0, 0.05) is 23.2 Å². The molecule has 2 heterocycles. The number of rotatable bonds is 5. The molecular weight excluding hydrogens is 350 g/mol. The third-order valence-corrected chi connectivity index (χ3v) is 5.32. The van der Waals surface area contributed by atoms with Gasteiger partial charge in [-0.25, -0.2) is 0 Å². The van der Waals surface area contributed by atoms with E-state index in [1.807, 2.05) is 16.3 Å². The number of thiophene rings is 1. The van der Waals surface area contributed by atoms with Crippen molar-refractivity contribution in [3.05, 3.63) is 55.7 Å². The summed E-state index contributed by atoms with van der Waals surface area (Å²) < 4.78 is 0. The van der Waals surface area contributed by atoms with Crippen LogP contribution < -0.4 is 5.32 Å². The Balaban J connectivity index is 1.65. The van der Waals surface area contributed by atoms with Crippen LogP contribution in [0.4, 0.5) is 11.4 Å². The van der Waals surface area contributed by atoms with Crippen LogP contribution in [0.3, 0.4) is 0 Å². The van der Waals surface area contributed by atoms with E-state index in [9.17, 15) is 14.9 Å². The molecule has 0 saturated carbocycles. The Morgan fingerprint density at radius 2 is 2.29 bits per heavy atom. The lowest BCUT2D eigenvalue weighted by molar-refractivity contribution is -0.384. The number of benzene rings is 1. The molecule has 1 aromatic heterocycles. The number of anilines is 1. The number of hydrogen-bond donors (Lipinski definition) is 1. The molecule has 0 spiro atoms. The summed E-state index contributed by atoms with van der Waals surface area (Å²) in [7, 11) is 0. The van der Waals surface area contributed by atoms with Crippen LogP contribution in [0.5, 0.6) is 0 Å². The van der Waals surface area contributed by atoms with E-state index in [1.165, 1.54) is 17.0 Å². The Bertz CT molecular complexity index is 751. The molecule has 1 aliphatic heterocycles. The number of nitrogens with zero attached hydrogens (tertiary/aromatic N) is 2. The van der Waals surface area contributed by atoms with E-state index >= 15 is 0 Å². The Hall–Kier alpha value is -2.12. The molecule has 0 aliphatic carbocycles. The first kappa shape index (κ1) is 16.7. The van der Waals surface area contributed by atoms with E-state index < -0.39 is 4.92 Å². The summed E-state index contributed by atoms with van der Waals surface area (Å²) in [5.74, 6) is -0.0106. The van der Waals surface area contributed by atoms with Gasteiger partial charge in [0.25, 0.3) is 5.69 Å². The summed E-state index contributed by atoms with van der Waals surface area (Å²) in [5, 5.41) is 16.0. The van der Waals surface area contributed by atoms with E-state index in [4.69, 9.17) is 11.6 Å². The Morgan fingerprint density at radius 3 is 3.00 bits per heavy atom. The lowest BCUT2D eigenvalue weighted by Gasteiger charge is -2.24. The molecule has 1 amide bonds. The molecule has 6 nitrogen and oxygen atoms in total. The summed E-state index contributed by atoms with van der Waals surface area (Å²) in [5.41, 5.74) is 0.332. The second kappa shape index (κ2) is 7.19. The lowest BCUT2D eigenvalue weighted by atomic mass is 10.2. The molecule has 1 saturated heterocycles. The van der Waals surface area contributed by atoms with Crippen molar-refractivity contribution in [2.75, 3.05) is 18.4 Å². The number of nitrogens with one attached hydrogen (secondary N) is 1. The van der Waals surface area contributed by atoms with E-state index in [2.05, 4.69) is 11.4 Å². The first-order valence-electron chi connectivity index (χ1n) is 7.57. The number of hydrogen-bond acceptors (Lipinski definition) is 5. The maximum Gasteiger partial charge on any atom is 0.289 e. The minimum absolute atomic E-state index is 0.0106. The zero-order chi connectivity index (χ0) is 17.1. The maximum atomic E-state index is 12.5. The molecule has 3 rings (SSSR count). The normalized spacial score (nSPS) is 17.0. The molecular formula is C16H16ClN3O3S. The van der Waals surface area contributed by atoms with Gasteiger partial charge in [0.15, 0.2) is 0 Å². The Morgan fingerprint density at radius 1 is 1.46 bits per heavy atom. The van der Waals surface area contributed by atoms with Crippen molar-refractivity contribution in [3.63, 3.8) is 0 Å². The van der Waals surface area contributed by atoms with Crippen molar-refractivity contribution >= 4 is 40.2 Å². The number of nitro groups is 1. The van der Waals surface area contributed by atoms with Crippen LogP contribution in [0.1, 0.15) is 23.8 Å². The van der Waals surface area contributed by atoms with Gasteiger partial charge < -0.3 is 10.2 Å². The minimum Gasteiger partial charge on any atom is -0.376 e. The van der Waals surface area contributed by atoms with Gasteiger partial charge in [-0.3, -0.25) is 14.9 Å². The Labute approximate surface area is 148 Å². The summed E-state index contributed by atoms with van der Waals surface area (Å²) in [6, 6.07) is 8.61. The number of amides is 1. The van der Waals surface area contributed by atoms with Crippen molar-refractivity contribution in [1.82, 2.24) is 4.90 Å². The standard InChI is InChI=1S/C16H16ClN3O3S/c17-12-6-5-11(9-14(12)20(22)23)18-10-16(21)19-7-1-3-13(19)15-4-2-8-24-15/h2,4-6,8-9,13,18H,1,3,7,10H2. The molecule has 8 heteroatoms. The molecule has 1 aliphatic rings. The highest BCUT2D eigenvalue weighted by atomic mass is 35.5. The zero-order valence-corrected chi connectivity index (χ0v) is 14.3. The summed E-state index contributed by atoms with van der Waals surface area (Å²) in [4.78, 5) is 26.0. The van der Waals surface area contributed by atoms with Crippen molar-refractivity contribution in [1.29, 1.82) is 0 Å². The van der Waals surface area contributed by atoms with Crippen molar-refractivity contribution in [2.24, 2.45) is 0 Å². The number of carbonyl (C=O) groups is 1. The summed E-state index contributed by atoms with van der Waals surface area (Å²) in [6.45, 7) is 0.838. The van der Waals surface area contributed by atoms with Crippen LogP contribution in [0.2, 0.25) is 5.02 Å². The quantitative estimate of drug-likeness (QED) is 0.639. The maximum absolute atomic E-state index is 12.5. The molecule has 1 atom stereocenters. The number of nitro benzene ring substituents is 1. The molecule has 0 radical (unpaired) electrons. The molecule has 24 heavy (non-hydrogen) atoms. The monoisotopic (exact) mass is 365 g/mol. The molecule has 126 valence electrons. The molecule has 1 N–H and O–H groups in total. The summed E-state index contributed by atoms with van der Waals surface area (Å²) >= 11 is 7.45. The topological polar surface area (TPSA) is 75.5 Å². The SMILES string of the molecule is O=C(CNc1ccc(Cl)c([N+](=O)[O-])c1)N1CCCC1c1cccs1. The fraction of sp³-hybridized carbons (Fsp3) is 0.312. The Kier molecular flexibility index (Phi) is 5.01. The second-order valence-corrected chi connectivity index (χ2v) is 6.92. The third kappa shape index (κ3) is 3.52. The third-order valence-electron chi connectivity index (χ3n) is 4.03. The van der Waals surface area contributed by atoms with Crippen LogP contribution >= 0.6 is 22.9 Å². The van der Waals surface area contributed by atoms with Gasteiger partial charge >= 0.3 is 0 Å². The highest BCUT2D eigenvalue weighted by Crippen LogP contribution is 2.34. The lowest BCUT2D eigenvalue weighted by Crippen LogP contribution is -2.34. The average Bonchev–Trinajstić information content (AvgIpc) is 3.24. The largest absolute Gasteiger partial charge is 0.376 e. The van der Waals surface area contributed by atoms with Crippen molar-refractivity contribution < 1.29 is 9.72 Å². The van der Waals surface area contributed by atoms with Crippen LogP contribution in [-0.2, 0) is 4.79 Å². The van der Waals surface area contributed by atoms with Crippen LogP contribution in [0.15, 0.2) is 35.7 Å². The number of carbonyl (C=O) groups excluding carboxylic acids is 1. The minimum atomic E-state index is -0.539. The van der Waals surface area contributed by atoms with Gasteiger partial charge in [-0.1, -0.05) is 17.7 Å².